The predicted octanol–water partition coefficient (Wildman–Crippen LogP) is 5.67. The molecule has 0 aromatic heterocycles. The van der Waals surface area contributed by atoms with Gasteiger partial charge in [0.1, 0.15) is 5.75 Å². The van der Waals surface area contributed by atoms with E-state index in [1.165, 1.54) is 16.7 Å². The van der Waals surface area contributed by atoms with Gasteiger partial charge >= 0.3 is 0 Å². The molecule has 0 aliphatic carbocycles. The fourth-order valence-electron chi connectivity index (χ4n) is 3.61. The number of nitrogens with zero attached hydrogens (tertiary/aromatic N) is 2. The molecule has 4 heteroatoms. The first-order valence-corrected chi connectivity index (χ1v) is 9.69. The molecule has 0 bridgehead atoms. The number of halogens is 1. The normalized spacial score (nSPS) is 21.6. The molecule has 0 unspecified atom stereocenters. The molecule has 2 aromatic rings. The quantitative estimate of drug-likeness (QED) is 0.664. The minimum absolute atomic E-state index is 0.00150. The zero-order chi connectivity index (χ0) is 17.6. The summed E-state index contributed by atoms with van der Waals surface area (Å²) in [6.07, 6.45) is 1.89. The molecule has 2 heterocycles. The molecular formula is C21H23BrN2O. The molecule has 0 fully saturated rings. The van der Waals surface area contributed by atoms with E-state index in [9.17, 15) is 0 Å². The molecular weight excluding hydrogens is 376 g/mol. The Morgan fingerprint density at radius 2 is 1.96 bits per heavy atom. The van der Waals surface area contributed by atoms with Crippen LogP contribution in [0, 0.1) is 12.8 Å². The van der Waals surface area contributed by atoms with Crippen molar-refractivity contribution in [2.24, 2.45) is 11.0 Å². The van der Waals surface area contributed by atoms with Crippen molar-refractivity contribution in [2.45, 2.75) is 45.9 Å². The molecule has 4 rings (SSSR count). The summed E-state index contributed by atoms with van der Waals surface area (Å²) in [6, 6.07) is 15.2. The number of hydrazone groups is 1. The monoisotopic (exact) mass is 398 g/mol. The number of aryl methyl sites for hydroxylation is 1. The van der Waals surface area contributed by atoms with Gasteiger partial charge in [0.15, 0.2) is 6.23 Å². The summed E-state index contributed by atoms with van der Waals surface area (Å²) in [5.41, 5.74) is 4.85. The average molecular weight is 399 g/mol. The van der Waals surface area contributed by atoms with Crippen LogP contribution in [0.25, 0.3) is 0 Å². The fourth-order valence-corrected chi connectivity index (χ4v) is 3.99. The van der Waals surface area contributed by atoms with Gasteiger partial charge < -0.3 is 4.74 Å². The number of ether oxygens (including phenoxy) is 1. The molecule has 25 heavy (non-hydrogen) atoms. The van der Waals surface area contributed by atoms with Crippen LogP contribution in [0.1, 0.15) is 49.4 Å². The van der Waals surface area contributed by atoms with Crippen LogP contribution in [0.15, 0.2) is 52.0 Å². The Hall–Kier alpha value is -1.81. The van der Waals surface area contributed by atoms with Crippen molar-refractivity contribution in [2.75, 3.05) is 0 Å². The van der Waals surface area contributed by atoms with Crippen molar-refractivity contribution in [1.82, 2.24) is 5.01 Å². The minimum atomic E-state index is 0.00150. The summed E-state index contributed by atoms with van der Waals surface area (Å²) in [6.45, 7) is 6.58. The van der Waals surface area contributed by atoms with Crippen LogP contribution in [0.3, 0.4) is 0 Å². The molecule has 0 N–H and O–H groups in total. The Labute approximate surface area is 157 Å². The highest BCUT2D eigenvalue weighted by molar-refractivity contribution is 9.10. The zero-order valence-electron chi connectivity index (χ0n) is 14.9. The van der Waals surface area contributed by atoms with Gasteiger partial charge in [-0.05, 0) is 36.6 Å². The van der Waals surface area contributed by atoms with Gasteiger partial charge in [0, 0.05) is 22.9 Å². The SMILES string of the molecule is Cc1ccc(C2=NN3[C@H](CC(C)C)Oc4ccc(Br)cc4[C@H]3C2)cc1. The Balaban J connectivity index is 1.72. The van der Waals surface area contributed by atoms with Crippen molar-refractivity contribution >= 4 is 21.6 Å². The van der Waals surface area contributed by atoms with Gasteiger partial charge in [-0.3, -0.25) is 5.01 Å². The van der Waals surface area contributed by atoms with E-state index in [-0.39, 0.29) is 12.3 Å². The lowest BCUT2D eigenvalue weighted by Crippen LogP contribution is -2.41. The lowest BCUT2D eigenvalue weighted by Gasteiger charge is -2.38. The van der Waals surface area contributed by atoms with Crippen LogP contribution in [0.2, 0.25) is 0 Å². The molecule has 2 atom stereocenters. The summed E-state index contributed by atoms with van der Waals surface area (Å²) in [5, 5.41) is 7.17. The van der Waals surface area contributed by atoms with Crippen LogP contribution >= 0.6 is 15.9 Å². The van der Waals surface area contributed by atoms with E-state index in [1.807, 2.05) is 0 Å². The van der Waals surface area contributed by atoms with Crippen LogP contribution < -0.4 is 4.74 Å². The predicted molar refractivity (Wildman–Crippen MR) is 105 cm³/mol. The number of fused-ring (bicyclic) bond motifs is 3. The van der Waals surface area contributed by atoms with Crippen molar-refractivity contribution in [3.8, 4) is 5.75 Å². The molecule has 2 aromatic carbocycles. The van der Waals surface area contributed by atoms with E-state index in [1.54, 1.807) is 0 Å². The first-order valence-electron chi connectivity index (χ1n) is 8.90. The molecule has 0 amide bonds. The van der Waals surface area contributed by atoms with E-state index in [0.29, 0.717) is 5.92 Å². The Kier molecular flexibility index (Phi) is 4.32. The smallest absolute Gasteiger partial charge is 0.188 e. The van der Waals surface area contributed by atoms with Gasteiger partial charge in [-0.1, -0.05) is 59.6 Å². The maximum atomic E-state index is 6.31. The van der Waals surface area contributed by atoms with E-state index in [0.717, 1.165) is 28.8 Å². The number of benzene rings is 2. The minimum Gasteiger partial charge on any atom is -0.469 e. The van der Waals surface area contributed by atoms with Crippen LogP contribution in [0.4, 0.5) is 0 Å². The molecule has 2 aliphatic heterocycles. The topological polar surface area (TPSA) is 24.8 Å². The summed E-state index contributed by atoms with van der Waals surface area (Å²) in [7, 11) is 0. The van der Waals surface area contributed by atoms with Crippen LogP contribution in [-0.2, 0) is 0 Å². The second-order valence-corrected chi connectivity index (χ2v) is 8.31. The van der Waals surface area contributed by atoms with Gasteiger partial charge in [-0.2, -0.15) is 5.10 Å². The first-order chi connectivity index (χ1) is 12.0. The van der Waals surface area contributed by atoms with Crippen molar-refractivity contribution < 1.29 is 4.74 Å². The molecule has 0 radical (unpaired) electrons. The molecule has 2 aliphatic rings. The lowest BCUT2D eigenvalue weighted by atomic mass is 9.95. The summed E-state index contributed by atoms with van der Waals surface area (Å²) in [4.78, 5) is 0. The van der Waals surface area contributed by atoms with Gasteiger partial charge in [0.05, 0.1) is 11.8 Å². The largest absolute Gasteiger partial charge is 0.469 e. The van der Waals surface area contributed by atoms with E-state index in [4.69, 9.17) is 9.84 Å². The maximum absolute atomic E-state index is 6.31. The first kappa shape index (κ1) is 16.6. The standard InChI is InChI=1S/C21H23BrN2O/c1-13(2)10-21-24-19(17-11-16(22)8-9-20(17)25-21)12-18(23-24)15-6-4-14(3)5-7-15/h4-9,11,13,19,21H,10,12H2,1-3H3/t19-,21+/m1/s1. The second-order valence-electron chi connectivity index (χ2n) is 7.40. The number of hydrogen-bond donors (Lipinski definition) is 0. The fraction of sp³-hybridized carbons (Fsp3) is 0.381. The van der Waals surface area contributed by atoms with Gasteiger partial charge in [-0.25, -0.2) is 0 Å². The van der Waals surface area contributed by atoms with E-state index >= 15 is 0 Å². The third-order valence-electron chi connectivity index (χ3n) is 4.89. The third-order valence-corrected chi connectivity index (χ3v) is 5.38. The molecule has 0 saturated heterocycles. The Morgan fingerprint density at radius 1 is 1.20 bits per heavy atom. The summed E-state index contributed by atoms with van der Waals surface area (Å²) < 4.78 is 7.40. The molecule has 130 valence electrons. The highest BCUT2D eigenvalue weighted by atomic mass is 79.9. The van der Waals surface area contributed by atoms with Crippen LogP contribution in [-0.4, -0.2) is 16.9 Å². The Bertz CT molecular complexity index is 813. The van der Waals surface area contributed by atoms with Crippen molar-refractivity contribution in [3.63, 3.8) is 0 Å². The summed E-state index contributed by atoms with van der Waals surface area (Å²) >= 11 is 3.60. The number of rotatable bonds is 3. The molecule has 0 saturated carbocycles. The molecule has 3 nitrogen and oxygen atoms in total. The maximum Gasteiger partial charge on any atom is 0.188 e. The molecule has 0 spiro atoms. The summed E-state index contributed by atoms with van der Waals surface area (Å²) in [5.74, 6) is 1.55. The van der Waals surface area contributed by atoms with Gasteiger partial charge in [-0.15, -0.1) is 0 Å². The zero-order valence-corrected chi connectivity index (χ0v) is 16.5. The van der Waals surface area contributed by atoms with Gasteiger partial charge in [0.25, 0.3) is 0 Å². The van der Waals surface area contributed by atoms with E-state index in [2.05, 4.69) is 84.2 Å². The van der Waals surface area contributed by atoms with E-state index < -0.39 is 0 Å². The third kappa shape index (κ3) is 3.20. The van der Waals surface area contributed by atoms with Crippen molar-refractivity contribution in [1.29, 1.82) is 0 Å². The second kappa shape index (κ2) is 6.49. The highest BCUT2D eigenvalue weighted by Crippen LogP contribution is 2.45. The van der Waals surface area contributed by atoms with Crippen molar-refractivity contribution in [3.05, 3.63) is 63.6 Å². The highest BCUT2D eigenvalue weighted by Gasteiger charge is 2.40. The van der Waals surface area contributed by atoms with Crippen LogP contribution in [0.5, 0.6) is 5.75 Å². The van der Waals surface area contributed by atoms with Gasteiger partial charge in [0.2, 0.25) is 0 Å². The average Bonchev–Trinajstić information content (AvgIpc) is 3.01. The number of hydrogen-bond acceptors (Lipinski definition) is 3. The lowest BCUT2D eigenvalue weighted by molar-refractivity contribution is -0.0291. The Morgan fingerprint density at radius 3 is 2.68 bits per heavy atom.